The largest absolute Gasteiger partial charge is 0.404 e. The van der Waals surface area contributed by atoms with E-state index in [1.807, 2.05) is 23.7 Å². The van der Waals surface area contributed by atoms with E-state index in [4.69, 9.17) is 0 Å². The van der Waals surface area contributed by atoms with Gasteiger partial charge in [-0.25, -0.2) is 4.39 Å². The number of aromatic nitrogens is 1. The van der Waals surface area contributed by atoms with Crippen LogP contribution in [0, 0.1) is 12.7 Å². The van der Waals surface area contributed by atoms with Gasteiger partial charge < -0.3 is 4.48 Å². The van der Waals surface area contributed by atoms with Gasteiger partial charge in [0.2, 0.25) is 7.98 Å². The SMILES string of the molecule is Bc1c(F)cc2c(c1B)c(C)c(B)n2B. The lowest BCUT2D eigenvalue weighted by atomic mass is 9.77. The summed E-state index contributed by atoms with van der Waals surface area (Å²) in [6, 6.07) is 1.64. The van der Waals surface area contributed by atoms with Gasteiger partial charge in [0.1, 0.15) is 21.5 Å². The van der Waals surface area contributed by atoms with Crippen molar-refractivity contribution in [2.75, 3.05) is 0 Å². The van der Waals surface area contributed by atoms with Gasteiger partial charge in [-0.3, -0.25) is 0 Å². The zero-order valence-corrected chi connectivity index (χ0v) is 9.90. The maximum atomic E-state index is 13.6. The molecule has 0 bridgehead atoms. The molecule has 0 fully saturated rings. The fourth-order valence-electron chi connectivity index (χ4n) is 2.21. The second-order valence-electron chi connectivity index (χ2n) is 4.27. The molecule has 1 nitrogen and oxygen atoms in total. The fraction of sp³-hybridized carbons (Fsp3) is 0.111. The van der Waals surface area contributed by atoms with Crippen molar-refractivity contribution in [2.24, 2.45) is 0 Å². The average Bonchev–Trinajstić information content (AvgIpc) is 2.40. The van der Waals surface area contributed by atoms with Crippen molar-refractivity contribution >= 4 is 58.9 Å². The molecule has 1 heterocycles. The molecule has 0 saturated carbocycles. The van der Waals surface area contributed by atoms with Gasteiger partial charge in [0.15, 0.2) is 7.85 Å². The minimum absolute atomic E-state index is 0.111. The van der Waals surface area contributed by atoms with Crippen molar-refractivity contribution < 1.29 is 4.39 Å². The minimum atomic E-state index is -0.111. The molecule has 1 aromatic heterocycles. The number of benzene rings is 1. The van der Waals surface area contributed by atoms with E-state index in [0.29, 0.717) is 0 Å². The zero-order chi connectivity index (χ0) is 11.3. The lowest BCUT2D eigenvalue weighted by molar-refractivity contribution is 0.638. The van der Waals surface area contributed by atoms with Crippen molar-refractivity contribution in [3.8, 4) is 0 Å². The van der Waals surface area contributed by atoms with Crippen LogP contribution in [0.4, 0.5) is 4.39 Å². The topological polar surface area (TPSA) is 4.93 Å². The number of aryl methyl sites for hydroxylation is 1. The first kappa shape index (κ1) is 10.5. The van der Waals surface area contributed by atoms with E-state index in [1.165, 1.54) is 16.5 Å². The first-order chi connectivity index (χ1) is 6.95. The Bertz CT molecular complexity index is 561. The van der Waals surface area contributed by atoms with Crippen LogP contribution in [0.25, 0.3) is 10.9 Å². The highest BCUT2D eigenvalue weighted by atomic mass is 19.1. The Morgan fingerprint density at radius 1 is 1.20 bits per heavy atom. The second kappa shape index (κ2) is 3.22. The predicted octanol–water partition coefficient (Wildman–Crippen LogP) is -3.74. The smallest absolute Gasteiger partial charge is 0.222 e. The second-order valence-corrected chi connectivity index (χ2v) is 4.27. The van der Waals surface area contributed by atoms with Crippen LogP contribution in [0.5, 0.6) is 0 Å². The van der Waals surface area contributed by atoms with E-state index in [-0.39, 0.29) is 5.82 Å². The molecule has 2 rings (SSSR count). The number of hydrogen-bond acceptors (Lipinski definition) is 0. The molecule has 6 heteroatoms. The molecule has 0 aliphatic carbocycles. The van der Waals surface area contributed by atoms with Crippen LogP contribution in [-0.2, 0) is 0 Å². The summed E-state index contributed by atoms with van der Waals surface area (Å²) in [7, 11) is 7.89. The van der Waals surface area contributed by atoms with Crippen molar-refractivity contribution in [1.82, 2.24) is 4.48 Å². The van der Waals surface area contributed by atoms with Crippen molar-refractivity contribution in [3.63, 3.8) is 0 Å². The monoisotopic (exact) mass is 197 g/mol. The molecule has 2 aromatic rings. The number of halogens is 1. The zero-order valence-electron chi connectivity index (χ0n) is 9.90. The molecular weight excluding hydrogens is 184 g/mol. The summed E-state index contributed by atoms with van der Waals surface area (Å²) in [6.07, 6.45) is 0. The van der Waals surface area contributed by atoms with Crippen LogP contribution in [0.2, 0.25) is 0 Å². The summed E-state index contributed by atoms with van der Waals surface area (Å²) < 4.78 is 15.7. The summed E-state index contributed by atoms with van der Waals surface area (Å²) in [4.78, 5) is 0. The molecular formula is C9H12B4FN. The van der Waals surface area contributed by atoms with Crippen LogP contribution < -0.4 is 16.5 Å². The lowest BCUT2D eigenvalue weighted by Gasteiger charge is -2.06. The van der Waals surface area contributed by atoms with E-state index in [0.717, 1.165) is 16.4 Å². The molecule has 1 aromatic carbocycles. The number of rotatable bonds is 0. The highest BCUT2D eigenvalue weighted by molar-refractivity contribution is 6.54. The number of nitrogens with zero attached hydrogens (tertiary/aromatic N) is 1. The maximum Gasteiger partial charge on any atom is 0.222 e. The summed E-state index contributed by atoms with van der Waals surface area (Å²) in [5.74, 6) is -0.111. The molecule has 0 unspecified atom stereocenters. The molecule has 15 heavy (non-hydrogen) atoms. The Kier molecular flexibility index (Phi) is 2.25. The minimum Gasteiger partial charge on any atom is -0.404 e. The molecule has 0 spiro atoms. The molecule has 0 atom stereocenters. The summed E-state index contributed by atoms with van der Waals surface area (Å²) in [5.41, 5.74) is 5.28. The summed E-state index contributed by atoms with van der Waals surface area (Å²) in [6.45, 7) is 2.10. The maximum absolute atomic E-state index is 13.6. The normalized spacial score (nSPS) is 11.1. The third kappa shape index (κ3) is 1.27. The molecule has 0 radical (unpaired) electrons. The van der Waals surface area contributed by atoms with Crippen LogP contribution in [0.1, 0.15) is 5.56 Å². The first-order valence-corrected chi connectivity index (χ1v) is 5.16. The Morgan fingerprint density at radius 3 is 2.40 bits per heavy atom. The van der Waals surface area contributed by atoms with Gasteiger partial charge in [-0.2, -0.15) is 0 Å². The van der Waals surface area contributed by atoms with Gasteiger partial charge in [-0.1, -0.05) is 10.9 Å². The van der Waals surface area contributed by atoms with Gasteiger partial charge in [-0.05, 0) is 29.5 Å². The molecule has 0 saturated heterocycles. The Labute approximate surface area is 92.7 Å². The Morgan fingerprint density at radius 2 is 1.80 bits per heavy atom. The summed E-state index contributed by atoms with van der Waals surface area (Å²) >= 11 is 0. The highest BCUT2D eigenvalue weighted by Crippen LogP contribution is 2.15. The van der Waals surface area contributed by atoms with E-state index in [1.54, 1.807) is 6.07 Å². The third-order valence-corrected chi connectivity index (χ3v) is 3.60. The fourth-order valence-corrected chi connectivity index (χ4v) is 2.21. The third-order valence-electron chi connectivity index (χ3n) is 3.60. The van der Waals surface area contributed by atoms with Crippen LogP contribution >= 0.6 is 0 Å². The van der Waals surface area contributed by atoms with E-state index in [9.17, 15) is 4.39 Å². The molecule has 0 aliphatic heterocycles. The summed E-state index contributed by atoms with van der Waals surface area (Å²) in [5, 5.41) is 1.20. The van der Waals surface area contributed by atoms with Crippen molar-refractivity contribution in [2.45, 2.75) is 6.92 Å². The van der Waals surface area contributed by atoms with E-state index in [2.05, 4.69) is 19.2 Å². The number of hydrogen-bond donors (Lipinski definition) is 0. The number of fused-ring (bicyclic) bond motifs is 1. The molecule has 0 amide bonds. The molecule has 0 aliphatic rings. The van der Waals surface area contributed by atoms with E-state index < -0.39 is 0 Å². The van der Waals surface area contributed by atoms with Gasteiger partial charge in [0.05, 0.1) is 0 Å². The lowest BCUT2D eigenvalue weighted by Crippen LogP contribution is -2.29. The quantitative estimate of drug-likeness (QED) is 0.382. The van der Waals surface area contributed by atoms with Crippen LogP contribution in [0.3, 0.4) is 0 Å². The Hall–Kier alpha value is -1.05. The van der Waals surface area contributed by atoms with Crippen molar-refractivity contribution in [3.05, 3.63) is 17.4 Å². The molecule has 72 valence electrons. The highest BCUT2D eigenvalue weighted by Gasteiger charge is 2.13. The van der Waals surface area contributed by atoms with E-state index >= 15 is 0 Å². The van der Waals surface area contributed by atoms with Crippen LogP contribution in [-0.4, -0.2) is 36.0 Å². The standard InChI is InChI=1S/C9H12B4FN/c1-3-6-5(15(13)9(3)12)2-4(14)7(10)8(6)11/h2H,10-13H2,1H3. The average molecular weight is 196 g/mol. The molecule has 0 N–H and O–H groups in total. The predicted molar refractivity (Wildman–Crippen MR) is 75.1 cm³/mol. The van der Waals surface area contributed by atoms with Gasteiger partial charge in [0, 0.05) is 5.52 Å². The first-order valence-electron chi connectivity index (χ1n) is 5.16. The van der Waals surface area contributed by atoms with Gasteiger partial charge in [0.25, 0.3) is 0 Å². The van der Waals surface area contributed by atoms with Gasteiger partial charge >= 0.3 is 0 Å². The Balaban J connectivity index is 3.06. The van der Waals surface area contributed by atoms with Crippen LogP contribution in [0.15, 0.2) is 6.07 Å². The van der Waals surface area contributed by atoms with Crippen molar-refractivity contribution in [1.29, 1.82) is 0 Å². The van der Waals surface area contributed by atoms with Gasteiger partial charge in [-0.15, -0.1) is 0 Å².